The third-order valence-corrected chi connectivity index (χ3v) is 8.39. The number of carbonyl (C=O) groups excluding carboxylic acids is 1. The second-order valence-corrected chi connectivity index (χ2v) is 11.1. The van der Waals surface area contributed by atoms with Gasteiger partial charge in [0, 0.05) is 52.1 Å². The monoisotopic (exact) mass is 466 g/mol. The standard InChI is InChI=1S/C29H42N2O3/c1-20-7-6-8-25(15-20)19-31-13-11-30(12-14-31)18-22(3)26-10-9-23(4)29(33)17-28(34-24(5)32)21(2)16-27(26)29/h6-8,15-16,22-23,26-28,33H,9-14,18-19H2,1-5H3/t22-,23-,26+,27-,28-,29-/m1/s1. The minimum absolute atomic E-state index is 0.0284. The van der Waals surface area contributed by atoms with Gasteiger partial charge in [0.25, 0.3) is 0 Å². The average molecular weight is 467 g/mol. The predicted molar refractivity (Wildman–Crippen MR) is 135 cm³/mol. The molecule has 2 aliphatic carbocycles. The third kappa shape index (κ3) is 5.58. The van der Waals surface area contributed by atoms with Gasteiger partial charge in [-0.05, 0) is 55.6 Å². The maximum absolute atomic E-state index is 11.7. The highest BCUT2D eigenvalue weighted by molar-refractivity contribution is 5.66. The first-order chi connectivity index (χ1) is 16.2. The van der Waals surface area contributed by atoms with E-state index in [0.29, 0.717) is 11.8 Å². The quantitative estimate of drug-likeness (QED) is 0.505. The highest BCUT2D eigenvalue weighted by Crippen LogP contribution is 2.50. The second kappa shape index (κ2) is 10.5. The summed E-state index contributed by atoms with van der Waals surface area (Å²) in [6, 6.07) is 8.83. The lowest BCUT2D eigenvalue weighted by Crippen LogP contribution is -2.57. The van der Waals surface area contributed by atoms with E-state index in [4.69, 9.17) is 4.74 Å². The number of rotatable bonds is 6. The van der Waals surface area contributed by atoms with Crippen LogP contribution in [0.1, 0.15) is 51.7 Å². The molecule has 2 radical (unpaired) electrons. The number of aryl methyl sites for hydroxylation is 1. The lowest BCUT2D eigenvalue weighted by molar-refractivity contribution is -0.148. The smallest absolute Gasteiger partial charge is 0.303 e. The molecule has 1 N–H and O–H groups in total. The summed E-state index contributed by atoms with van der Waals surface area (Å²) in [5, 5.41) is 11.7. The molecule has 1 aromatic rings. The van der Waals surface area contributed by atoms with E-state index in [0.717, 1.165) is 57.7 Å². The van der Waals surface area contributed by atoms with E-state index in [1.165, 1.54) is 18.1 Å². The van der Waals surface area contributed by atoms with Crippen LogP contribution in [0.4, 0.5) is 0 Å². The van der Waals surface area contributed by atoms with Gasteiger partial charge in [-0.3, -0.25) is 9.69 Å². The predicted octanol–water partition coefficient (Wildman–Crippen LogP) is 4.12. The molecule has 6 atom stereocenters. The summed E-state index contributed by atoms with van der Waals surface area (Å²) in [7, 11) is 0. The lowest BCUT2D eigenvalue weighted by atomic mass is 9.57. The van der Waals surface area contributed by atoms with Crippen LogP contribution in [-0.2, 0) is 16.1 Å². The molecular formula is C29H42N2O3. The number of carbonyl (C=O) groups is 1. The highest BCUT2D eigenvalue weighted by Gasteiger charge is 2.53. The van der Waals surface area contributed by atoms with E-state index in [1.807, 2.05) is 6.92 Å². The molecule has 186 valence electrons. The summed E-state index contributed by atoms with van der Waals surface area (Å²) in [4.78, 5) is 16.7. The largest absolute Gasteiger partial charge is 0.457 e. The first kappa shape index (κ1) is 25.4. The van der Waals surface area contributed by atoms with Gasteiger partial charge in [-0.1, -0.05) is 49.8 Å². The summed E-state index contributed by atoms with van der Waals surface area (Å²) in [5.74, 6) is 0.673. The Labute approximate surface area is 206 Å². The van der Waals surface area contributed by atoms with Crippen LogP contribution in [-0.4, -0.2) is 65.3 Å². The van der Waals surface area contributed by atoms with Crippen molar-refractivity contribution >= 4 is 5.97 Å². The average Bonchev–Trinajstić information content (AvgIpc) is 2.77. The topological polar surface area (TPSA) is 53.0 Å². The number of hydrogen-bond donors (Lipinski definition) is 1. The van der Waals surface area contributed by atoms with Gasteiger partial charge in [-0.2, -0.15) is 0 Å². The second-order valence-electron chi connectivity index (χ2n) is 11.1. The Morgan fingerprint density at radius 2 is 1.91 bits per heavy atom. The number of aliphatic hydroxyl groups is 1. The lowest BCUT2D eigenvalue weighted by Gasteiger charge is -2.53. The van der Waals surface area contributed by atoms with Crippen LogP contribution in [0.2, 0.25) is 0 Å². The highest BCUT2D eigenvalue weighted by atomic mass is 16.5. The Kier molecular flexibility index (Phi) is 7.85. The molecule has 5 nitrogen and oxygen atoms in total. The fraction of sp³-hybridized carbons (Fsp3) is 0.655. The number of hydrogen-bond acceptors (Lipinski definition) is 5. The normalized spacial score (nSPS) is 33.6. The van der Waals surface area contributed by atoms with Gasteiger partial charge in [0.2, 0.25) is 0 Å². The number of benzene rings is 1. The Hall–Kier alpha value is -1.69. The first-order valence-electron chi connectivity index (χ1n) is 13.0. The fourth-order valence-corrected chi connectivity index (χ4v) is 6.35. The molecule has 5 heteroatoms. The van der Waals surface area contributed by atoms with Crippen LogP contribution in [0.25, 0.3) is 0 Å². The maximum atomic E-state index is 11.7. The van der Waals surface area contributed by atoms with Crippen molar-refractivity contribution in [2.24, 2.45) is 23.7 Å². The number of nitrogens with zero attached hydrogens (tertiary/aromatic N) is 2. The van der Waals surface area contributed by atoms with Crippen molar-refractivity contribution in [1.82, 2.24) is 9.80 Å². The molecule has 0 unspecified atom stereocenters. The van der Waals surface area contributed by atoms with Gasteiger partial charge in [0.1, 0.15) is 6.10 Å². The van der Waals surface area contributed by atoms with Gasteiger partial charge < -0.3 is 14.7 Å². The summed E-state index contributed by atoms with van der Waals surface area (Å²) >= 11 is 0. The molecule has 0 amide bonds. The van der Waals surface area contributed by atoms with Gasteiger partial charge in [0.15, 0.2) is 0 Å². The molecule has 0 aromatic heterocycles. The van der Waals surface area contributed by atoms with Crippen LogP contribution in [0, 0.1) is 37.0 Å². The molecule has 4 rings (SSSR count). The Morgan fingerprint density at radius 1 is 1.21 bits per heavy atom. The minimum atomic E-state index is -1.04. The summed E-state index contributed by atoms with van der Waals surface area (Å²) in [6.07, 6.45) is 7.03. The van der Waals surface area contributed by atoms with E-state index in [1.54, 1.807) is 0 Å². The van der Waals surface area contributed by atoms with Gasteiger partial charge in [-0.15, -0.1) is 0 Å². The molecule has 0 spiro atoms. The van der Waals surface area contributed by atoms with Gasteiger partial charge in [-0.25, -0.2) is 0 Å². The first-order valence-corrected chi connectivity index (χ1v) is 13.0. The molecule has 1 aromatic carbocycles. The van der Waals surface area contributed by atoms with Crippen molar-refractivity contribution in [2.45, 2.75) is 65.7 Å². The van der Waals surface area contributed by atoms with E-state index in [2.05, 4.69) is 67.3 Å². The van der Waals surface area contributed by atoms with E-state index >= 15 is 0 Å². The third-order valence-electron chi connectivity index (χ3n) is 8.39. The Bertz CT molecular complexity index is 891. The Morgan fingerprint density at radius 3 is 2.59 bits per heavy atom. The summed E-state index contributed by atoms with van der Waals surface area (Å²) in [5.41, 5.74) is 2.67. The molecular weight excluding hydrogens is 424 g/mol. The SMILES string of the molecule is CC(=O)O[C@@H]1[C][C@@]2(O)[C@H](C)CC[C@@H]([C@H](C)CN3CCN(Cc4cccc(C)c4)CC3)[C@H]2C=C1C. The number of esters is 1. The molecule has 1 heterocycles. The molecule has 34 heavy (non-hydrogen) atoms. The van der Waals surface area contributed by atoms with Crippen LogP contribution >= 0.6 is 0 Å². The number of fused-ring (bicyclic) bond motifs is 1. The van der Waals surface area contributed by atoms with E-state index in [9.17, 15) is 9.90 Å². The number of ether oxygens (including phenoxy) is 1. The van der Waals surface area contributed by atoms with Crippen LogP contribution in [0.3, 0.4) is 0 Å². The van der Waals surface area contributed by atoms with Crippen LogP contribution in [0.5, 0.6) is 0 Å². The zero-order valence-corrected chi connectivity index (χ0v) is 21.6. The Balaban J connectivity index is 1.36. The van der Waals surface area contributed by atoms with Crippen molar-refractivity contribution in [3.63, 3.8) is 0 Å². The zero-order valence-electron chi connectivity index (χ0n) is 21.6. The van der Waals surface area contributed by atoms with Gasteiger partial charge in [0.05, 0.1) is 12.0 Å². The van der Waals surface area contributed by atoms with Crippen molar-refractivity contribution in [2.75, 3.05) is 32.7 Å². The summed E-state index contributed by atoms with van der Waals surface area (Å²) < 4.78 is 5.45. The van der Waals surface area contributed by atoms with Crippen molar-refractivity contribution in [1.29, 1.82) is 0 Å². The molecule has 1 aliphatic heterocycles. The summed E-state index contributed by atoms with van der Waals surface area (Å²) in [6.45, 7) is 16.5. The van der Waals surface area contributed by atoms with Crippen molar-refractivity contribution < 1.29 is 14.6 Å². The minimum Gasteiger partial charge on any atom is -0.457 e. The molecule has 3 aliphatic rings. The molecule has 1 saturated heterocycles. The van der Waals surface area contributed by atoms with E-state index < -0.39 is 11.7 Å². The van der Waals surface area contributed by atoms with Gasteiger partial charge >= 0.3 is 5.97 Å². The van der Waals surface area contributed by atoms with Crippen molar-refractivity contribution in [3.8, 4) is 0 Å². The maximum Gasteiger partial charge on any atom is 0.303 e. The van der Waals surface area contributed by atoms with Crippen LogP contribution < -0.4 is 0 Å². The van der Waals surface area contributed by atoms with Crippen molar-refractivity contribution in [3.05, 3.63) is 53.5 Å². The van der Waals surface area contributed by atoms with Crippen LogP contribution in [0.15, 0.2) is 35.9 Å². The molecule has 2 fully saturated rings. The molecule has 1 saturated carbocycles. The molecule has 0 bridgehead atoms. The van der Waals surface area contributed by atoms with E-state index in [-0.39, 0.29) is 17.8 Å². The fourth-order valence-electron chi connectivity index (χ4n) is 6.35. The zero-order chi connectivity index (χ0) is 24.5. The number of piperazine rings is 1.